The number of nitrogens with zero attached hydrogens (tertiary/aromatic N) is 1. The summed E-state index contributed by atoms with van der Waals surface area (Å²) in [6.07, 6.45) is 2.06. The zero-order valence-electron chi connectivity index (χ0n) is 11.2. The lowest BCUT2D eigenvalue weighted by atomic mass is 9.93. The Kier molecular flexibility index (Phi) is 7.78. The van der Waals surface area contributed by atoms with Crippen LogP contribution in [0.2, 0.25) is 0 Å². The van der Waals surface area contributed by atoms with Crippen LogP contribution in [0, 0.1) is 5.41 Å². The summed E-state index contributed by atoms with van der Waals surface area (Å²) in [6, 6.07) is 0. The molecule has 0 atom stereocenters. The Bertz CT molecular complexity index is 266. The van der Waals surface area contributed by atoms with E-state index in [-0.39, 0.29) is 5.91 Å². The van der Waals surface area contributed by atoms with Crippen molar-refractivity contribution in [1.29, 1.82) is 0 Å². The van der Waals surface area contributed by atoms with Gasteiger partial charge in [0, 0.05) is 18.8 Å². The fraction of sp³-hybridized carbons (Fsp3) is 0.818. The number of hydrogen-bond acceptors (Lipinski definition) is 3. The molecule has 0 heterocycles. The molecule has 0 aromatic carbocycles. The van der Waals surface area contributed by atoms with Crippen LogP contribution >= 0.6 is 11.8 Å². The van der Waals surface area contributed by atoms with E-state index in [4.69, 9.17) is 5.73 Å². The van der Waals surface area contributed by atoms with Crippen LogP contribution in [0.25, 0.3) is 0 Å². The highest BCUT2D eigenvalue weighted by Gasteiger charge is 2.24. The van der Waals surface area contributed by atoms with Crippen molar-refractivity contribution in [3.05, 3.63) is 0 Å². The fourth-order valence-electron chi connectivity index (χ4n) is 0.968. The van der Waals surface area contributed by atoms with Crippen LogP contribution in [-0.4, -0.2) is 43.5 Å². The summed E-state index contributed by atoms with van der Waals surface area (Å²) in [5.74, 6) is 1.42. The Morgan fingerprint density at radius 3 is 2.53 bits per heavy atom. The third kappa shape index (κ3) is 7.10. The summed E-state index contributed by atoms with van der Waals surface area (Å²) in [6.45, 7) is 7.63. The molecule has 5 nitrogen and oxygen atoms in total. The summed E-state index contributed by atoms with van der Waals surface area (Å²) in [4.78, 5) is 15.5. The first-order chi connectivity index (χ1) is 7.94. The predicted octanol–water partition coefficient (Wildman–Crippen LogP) is 0.416. The zero-order chi connectivity index (χ0) is 13.3. The molecule has 0 unspecified atom stereocenters. The second-order valence-electron chi connectivity index (χ2n) is 4.36. The Morgan fingerprint density at radius 2 is 2.06 bits per heavy atom. The molecular formula is C11H24N4OS. The monoisotopic (exact) mass is 260 g/mol. The highest BCUT2D eigenvalue weighted by molar-refractivity contribution is 7.98. The average Bonchev–Trinajstić information content (AvgIpc) is 2.26. The van der Waals surface area contributed by atoms with Gasteiger partial charge in [-0.1, -0.05) is 0 Å². The van der Waals surface area contributed by atoms with E-state index in [1.165, 1.54) is 0 Å². The predicted molar refractivity (Wildman–Crippen MR) is 75.3 cm³/mol. The number of carbonyl (C=O) groups is 1. The Labute approximate surface area is 108 Å². The number of guanidine groups is 1. The normalized spacial score (nSPS) is 12.4. The van der Waals surface area contributed by atoms with Crippen LogP contribution in [0.5, 0.6) is 0 Å². The molecule has 4 N–H and O–H groups in total. The second-order valence-corrected chi connectivity index (χ2v) is 5.35. The summed E-state index contributed by atoms with van der Waals surface area (Å²) < 4.78 is 0. The lowest BCUT2D eigenvalue weighted by Gasteiger charge is -2.19. The third-order valence-corrected chi connectivity index (χ3v) is 2.85. The summed E-state index contributed by atoms with van der Waals surface area (Å²) >= 11 is 1.77. The first-order valence-electron chi connectivity index (χ1n) is 5.75. The van der Waals surface area contributed by atoms with Gasteiger partial charge in [0.25, 0.3) is 0 Å². The van der Waals surface area contributed by atoms with E-state index in [9.17, 15) is 4.79 Å². The van der Waals surface area contributed by atoms with Gasteiger partial charge in [-0.15, -0.1) is 0 Å². The molecule has 0 saturated heterocycles. The third-order valence-electron chi connectivity index (χ3n) is 2.24. The number of rotatable bonds is 7. The molecule has 0 aliphatic carbocycles. The molecule has 0 aromatic rings. The zero-order valence-corrected chi connectivity index (χ0v) is 12.0. The number of amides is 1. The van der Waals surface area contributed by atoms with Crippen molar-refractivity contribution in [2.75, 3.05) is 31.6 Å². The van der Waals surface area contributed by atoms with Gasteiger partial charge >= 0.3 is 0 Å². The van der Waals surface area contributed by atoms with E-state index < -0.39 is 5.41 Å². The topological polar surface area (TPSA) is 79.5 Å². The smallest absolute Gasteiger partial charge is 0.224 e. The first kappa shape index (κ1) is 16.1. The number of carbonyl (C=O) groups excluding carboxylic acids is 1. The first-order valence-corrected chi connectivity index (χ1v) is 7.14. The summed E-state index contributed by atoms with van der Waals surface area (Å²) in [5.41, 5.74) is 4.69. The van der Waals surface area contributed by atoms with E-state index >= 15 is 0 Å². The van der Waals surface area contributed by atoms with Gasteiger partial charge in [0.2, 0.25) is 5.91 Å². The quantitative estimate of drug-likeness (QED) is 0.352. The van der Waals surface area contributed by atoms with Gasteiger partial charge in [-0.25, -0.2) is 0 Å². The fourth-order valence-corrected chi connectivity index (χ4v) is 1.27. The largest absolute Gasteiger partial charge is 0.369 e. The highest BCUT2D eigenvalue weighted by atomic mass is 32.2. The van der Waals surface area contributed by atoms with Gasteiger partial charge in [-0.2, -0.15) is 11.8 Å². The summed E-state index contributed by atoms with van der Waals surface area (Å²) in [5, 5.41) is 6.33. The Balaban J connectivity index is 4.33. The molecule has 100 valence electrons. The Morgan fingerprint density at radius 1 is 1.41 bits per heavy atom. The van der Waals surface area contributed by atoms with Crippen molar-refractivity contribution in [3.63, 3.8) is 0 Å². The van der Waals surface area contributed by atoms with Crippen molar-refractivity contribution in [3.8, 4) is 0 Å². The van der Waals surface area contributed by atoms with E-state index in [0.29, 0.717) is 6.54 Å². The van der Waals surface area contributed by atoms with Gasteiger partial charge in [0.1, 0.15) is 0 Å². The van der Waals surface area contributed by atoms with Crippen molar-refractivity contribution in [2.45, 2.75) is 20.8 Å². The standard InChI is InChI=1S/C11H24N4OS/c1-5-13-10(14-6-7-17-4)15-8-11(2,3)9(12)16/h5-8H2,1-4H3,(H2,12,16)(H2,13,14,15). The maximum Gasteiger partial charge on any atom is 0.224 e. The van der Waals surface area contributed by atoms with E-state index in [0.717, 1.165) is 24.8 Å². The minimum atomic E-state index is -0.609. The minimum absolute atomic E-state index is 0.332. The highest BCUT2D eigenvalue weighted by Crippen LogP contribution is 2.13. The minimum Gasteiger partial charge on any atom is -0.369 e. The maximum absolute atomic E-state index is 11.2. The van der Waals surface area contributed by atoms with Gasteiger partial charge in [-0.05, 0) is 27.0 Å². The van der Waals surface area contributed by atoms with Crippen LogP contribution in [0.15, 0.2) is 4.99 Å². The lowest BCUT2D eigenvalue weighted by molar-refractivity contribution is -0.125. The molecule has 0 spiro atoms. The van der Waals surface area contributed by atoms with Crippen molar-refractivity contribution < 1.29 is 4.79 Å². The van der Waals surface area contributed by atoms with Crippen LogP contribution in [-0.2, 0) is 4.79 Å². The number of hydrogen-bond donors (Lipinski definition) is 3. The molecule has 0 aromatic heterocycles. The molecule has 6 heteroatoms. The van der Waals surface area contributed by atoms with E-state index in [1.54, 1.807) is 25.6 Å². The van der Waals surface area contributed by atoms with E-state index in [2.05, 4.69) is 21.9 Å². The number of nitrogens with two attached hydrogens (primary N) is 1. The second kappa shape index (κ2) is 8.22. The number of nitrogens with one attached hydrogen (secondary N) is 2. The maximum atomic E-state index is 11.2. The SMILES string of the molecule is CCNC(=NCC(C)(C)C(N)=O)NCCSC. The number of thioether (sulfide) groups is 1. The molecule has 0 aliphatic heterocycles. The molecule has 0 radical (unpaired) electrons. The molecular weight excluding hydrogens is 236 g/mol. The molecule has 1 amide bonds. The van der Waals surface area contributed by atoms with Crippen LogP contribution < -0.4 is 16.4 Å². The molecule has 0 fully saturated rings. The van der Waals surface area contributed by atoms with Crippen LogP contribution in [0.1, 0.15) is 20.8 Å². The van der Waals surface area contributed by atoms with Crippen molar-refractivity contribution >= 4 is 23.6 Å². The Hall–Kier alpha value is -0.910. The molecule has 0 saturated carbocycles. The molecule has 0 aliphatic rings. The van der Waals surface area contributed by atoms with Crippen LogP contribution in [0.3, 0.4) is 0 Å². The molecule has 17 heavy (non-hydrogen) atoms. The summed E-state index contributed by atoms with van der Waals surface area (Å²) in [7, 11) is 0. The lowest BCUT2D eigenvalue weighted by Crippen LogP contribution is -2.40. The van der Waals surface area contributed by atoms with Gasteiger partial charge in [-0.3, -0.25) is 9.79 Å². The van der Waals surface area contributed by atoms with Gasteiger partial charge < -0.3 is 16.4 Å². The van der Waals surface area contributed by atoms with Gasteiger partial charge in [0.05, 0.1) is 12.0 Å². The molecule has 0 bridgehead atoms. The average molecular weight is 260 g/mol. The molecule has 0 rings (SSSR count). The van der Waals surface area contributed by atoms with Gasteiger partial charge in [0.15, 0.2) is 5.96 Å². The number of aliphatic imine (C=N–C) groups is 1. The van der Waals surface area contributed by atoms with Crippen molar-refractivity contribution in [1.82, 2.24) is 10.6 Å². The number of primary amides is 1. The van der Waals surface area contributed by atoms with Crippen molar-refractivity contribution in [2.24, 2.45) is 16.1 Å². The van der Waals surface area contributed by atoms with Crippen LogP contribution in [0.4, 0.5) is 0 Å². The van der Waals surface area contributed by atoms with E-state index in [1.807, 2.05) is 6.92 Å².